The minimum Gasteiger partial charge on any atom is -0.456 e. The number of furan rings is 2. The molecule has 0 aliphatic rings. The number of oxazole rings is 1. The SMILES string of the molecule is c1ccc(-c2nc3c(N(c4ccc5oc6ccccc6c5c4)c4ccc5oc6ccccc6c5c4)cc4ccccc4c3o2)cc1. The molecule has 0 amide bonds. The Bertz CT molecular complexity index is 2660. The predicted octanol–water partition coefficient (Wildman–Crippen LogP) is 11.9. The second kappa shape index (κ2) is 9.58. The van der Waals surface area contributed by atoms with Crippen LogP contribution in [0.15, 0.2) is 159 Å². The zero-order valence-electron chi connectivity index (χ0n) is 24.5. The van der Waals surface area contributed by atoms with Crippen LogP contribution in [0.1, 0.15) is 0 Å². The Morgan fingerprint density at radius 2 is 0.978 bits per heavy atom. The standard InChI is InChI=1S/C41H24N2O3/c1-2-10-25(11-3-1)41-42-39-34(22-26-12-4-5-13-29(26)40(39)46-41)43(27-18-20-37-32(23-27)30-14-6-8-16-35(30)44-37)28-19-21-38-33(24-28)31-15-7-9-17-36(31)45-38/h1-24H. The van der Waals surface area contributed by atoms with Gasteiger partial charge in [-0.1, -0.05) is 78.9 Å². The molecule has 0 radical (unpaired) electrons. The van der Waals surface area contributed by atoms with Gasteiger partial charge in [-0.3, -0.25) is 0 Å². The normalized spacial score (nSPS) is 11.9. The summed E-state index contributed by atoms with van der Waals surface area (Å²) in [5, 5.41) is 6.34. The summed E-state index contributed by atoms with van der Waals surface area (Å²) in [6.45, 7) is 0. The van der Waals surface area contributed by atoms with Gasteiger partial charge in [-0.15, -0.1) is 0 Å². The third-order valence-electron chi connectivity index (χ3n) is 8.87. The number of rotatable bonds is 4. The number of hydrogen-bond donors (Lipinski definition) is 0. The van der Waals surface area contributed by atoms with Crippen molar-refractivity contribution in [3.63, 3.8) is 0 Å². The summed E-state index contributed by atoms with van der Waals surface area (Å²) in [4.78, 5) is 7.44. The molecule has 0 bridgehead atoms. The molecule has 5 heteroatoms. The maximum absolute atomic E-state index is 6.59. The van der Waals surface area contributed by atoms with Crippen molar-refractivity contribution in [2.75, 3.05) is 4.90 Å². The molecule has 10 aromatic rings. The second-order valence-corrected chi connectivity index (χ2v) is 11.6. The first-order chi connectivity index (χ1) is 22.8. The summed E-state index contributed by atoms with van der Waals surface area (Å²) in [6.07, 6.45) is 0. The van der Waals surface area contributed by atoms with Gasteiger partial charge in [-0.2, -0.15) is 0 Å². The molecule has 3 aromatic heterocycles. The Balaban J connectivity index is 1.30. The molecular formula is C41H24N2O3. The predicted molar refractivity (Wildman–Crippen MR) is 186 cm³/mol. The van der Waals surface area contributed by atoms with Gasteiger partial charge in [-0.05, 0) is 72.1 Å². The Hall–Kier alpha value is -6.33. The minimum atomic E-state index is 0.584. The molecule has 0 aliphatic carbocycles. The first-order valence-electron chi connectivity index (χ1n) is 15.3. The van der Waals surface area contributed by atoms with Crippen molar-refractivity contribution in [2.45, 2.75) is 0 Å². The largest absolute Gasteiger partial charge is 0.456 e. The Morgan fingerprint density at radius 1 is 0.435 bits per heavy atom. The van der Waals surface area contributed by atoms with Gasteiger partial charge in [0.05, 0.1) is 5.69 Å². The molecule has 0 saturated heterocycles. The fourth-order valence-electron chi connectivity index (χ4n) is 6.73. The van der Waals surface area contributed by atoms with Crippen LogP contribution in [0.3, 0.4) is 0 Å². The van der Waals surface area contributed by atoms with Gasteiger partial charge in [0.2, 0.25) is 5.89 Å². The molecule has 5 nitrogen and oxygen atoms in total. The summed E-state index contributed by atoms with van der Waals surface area (Å²) in [5.41, 5.74) is 8.76. The highest BCUT2D eigenvalue weighted by Gasteiger charge is 2.23. The molecule has 0 saturated carbocycles. The molecule has 0 N–H and O–H groups in total. The van der Waals surface area contributed by atoms with E-state index in [1.807, 2.05) is 72.8 Å². The lowest BCUT2D eigenvalue weighted by Gasteiger charge is -2.26. The van der Waals surface area contributed by atoms with E-state index in [1.165, 1.54) is 0 Å². The Kier molecular flexibility index (Phi) is 5.22. The molecule has 0 unspecified atom stereocenters. The fraction of sp³-hybridized carbons (Fsp3) is 0. The molecule has 7 aromatic carbocycles. The number of nitrogens with zero attached hydrogens (tertiary/aromatic N) is 2. The molecular weight excluding hydrogens is 568 g/mol. The van der Waals surface area contributed by atoms with Gasteiger partial charge in [0.25, 0.3) is 0 Å². The van der Waals surface area contributed by atoms with Crippen LogP contribution in [-0.4, -0.2) is 4.98 Å². The first kappa shape index (κ1) is 25.0. The second-order valence-electron chi connectivity index (χ2n) is 11.6. The lowest BCUT2D eigenvalue weighted by Crippen LogP contribution is -2.10. The summed E-state index contributed by atoms with van der Waals surface area (Å²) >= 11 is 0. The van der Waals surface area contributed by atoms with Crippen molar-refractivity contribution in [1.82, 2.24) is 4.98 Å². The summed E-state index contributed by atoms with van der Waals surface area (Å²) in [6, 6.07) is 49.7. The first-order valence-corrected chi connectivity index (χ1v) is 15.3. The highest BCUT2D eigenvalue weighted by atomic mass is 16.3. The van der Waals surface area contributed by atoms with Gasteiger partial charge < -0.3 is 18.2 Å². The lowest BCUT2D eigenvalue weighted by molar-refractivity contribution is 0.623. The van der Waals surface area contributed by atoms with E-state index in [0.717, 1.165) is 88.4 Å². The molecule has 3 heterocycles. The summed E-state index contributed by atoms with van der Waals surface area (Å²) in [5.74, 6) is 0.584. The smallest absolute Gasteiger partial charge is 0.227 e. The molecule has 0 aliphatic heterocycles. The van der Waals surface area contributed by atoms with Crippen molar-refractivity contribution < 1.29 is 13.3 Å². The molecule has 216 valence electrons. The molecule has 46 heavy (non-hydrogen) atoms. The average Bonchev–Trinajstić information content (AvgIpc) is 3.83. The van der Waals surface area contributed by atoms with Crippen LogP contribution in [0.2, 0.25) is 0 Å². The number of hydrogen-bond acceptors (Lipinski definition) is 5. The fourth-order valence-corrected chi connectivity index (χ4v) is 6.73. The highest BCUT2D eigenvalue weighted by molar-refractivity contribution is 6.13. The highest BCUT2D eigenvalue weighted by Crippen LogP contribution is 2.45. The van der Waals surface area contributed by atoms with Crippen LogP contribution in [-0.2, 0) is 0 Å². The summed E-state index contributed by atoms with van der Waals surface area (Å²) < 4.78 is 19.0. The topological polar surface area (TPSA) is 55.6 Å². The third-order valence-corrected chi connectivity index (χ3v) is 8.87. The van der Waals surface area contributed by atoms with E-state index in [4.69, 9.17) is 18.2 Å². The van der Waals surface area contributed by atoms with Gasteiger partial charge in [0, 0.05) is 43.9 Å². The number of benzene rings is 7. The van der Waals surface area contributed by atoms with E-state index in [1.54, 1.807) is 0 Å². The van der Waals surface area contributed by atoms with E-state index in [2.05, 4.69) is 77.7 Å². The number of fused-ring (bicyclic) bond motifs is 9. The van der Waals surface area contributed by atoms with Crippen LogP contribution >= 0.6 is 0 Å². The van der Waals surface area contributed by atoms with Crippen LogP contribution in [0, 0.1) is 0 Å². The maximum Gasteiger partial charge on any atom is 0.227 e. The maximum atomic E-state index is 6.59. The van der Waals surface area contributed by atoms with Crippen molar-refractivity contribution in [1.29, 1.82) is 0 Å². The Labute approximate surface area is 262 Å². The quantitative estimate of drug-likeness (QED) is 0.203. The van der Waals surface area contributed by atoms with Crippen LogP contribution in [0.4, 0.5) is 17.1 Å². The number of para-hydroxylation sites is 2. The molecule has 0 spiro atoms. The van der Waals surface area contributed by atoms with E-state index in [0.29, 0.717) is 5.89 Å². The van der Waals surface area contributed by atoms with Gasteiger partial charge in [0.15, 0.2) is 5.58 Å². The van der Waals surface area contributed by atoms with Gasteiger partial charge >= 0.3 is 0 Å². The van der Waals surface area contributed by atoms with Crippen LogP contribution in [0.5, 0.6) is 0 Å². The van der Waals surface area contributed by atoms with Crippen LogP contribution in [0.25, 0.3) is 77.2 Å². The third kappa shape index (κ3) is 3.72. The zero-order chi connectivity index (χ0) is 30.2. The molecule has 0 atom stereocenters. The van der Waals surface area contributed by atoms with Crippen LogP contribution < -0.4 is 4.90 Å². The van der Waals surface area contributed by atoms with Crippen molar-refractivity contribution in [2.24, 2.45) is 0 Å². The zero-order valence-corrected chi connectivity index (χ0v) is 24.5. The van der Waals surface area contributed by atoms with Crippen molar-refractivity contribution in [3.05, 3.63) is 146 Å². The van der Waals surface area contributed by atoms with E-state index in [-0.39, 0.29) is 0 Å². The van der Waals surface area contributed by atoms with Crippen molar-refractivity contribution >= 4 is 82.8 Å². The van der Waals surface area contributed by atoms with Gasteiger partial charge in [0.1, 0.15) is 27.8 Å². The van der Waals surface area contributed by atoms with Crippen molar-refractivity contribution in [3.8, 4) is 11.5 Å². The van der Waals surface area contributed by atoms with E-state index < -0.39 is 0 Å². The number of aromatic nitrogens is 1. The average molecular weight is 593 g/mol. The molecule has 0 fully saturated rings. The summed E-state index contributed by atoms with van der Waals surface area (Å²) in [7, 11) is 0. The van der Waals surface area contributed by atoms with Gasteiger partial charge in [-0.25, -0.2) is 4.98 Å². The molecule has 10 rings (SSSR count). The minimum absolute atomic E-state index is 0.584. The number of anilines is 3. The Morgan fingerprint density at radius 3 is 1.63 bits per heavy atom. The van der Waals surface area contributed by atoms with E-state index in [9.17, 15) is 0 Å². The lowest BCUT2D eigenvalue weighted by atomic mass is 10.0. The van der Waals surface area contributed by atoms with E-state index >= 15 is 0 Å². The monoisotopic (exact) mass is 592 g/mol.